The van der Waals surface area contributed by atoms with E-state index in [9.17, 15) is 0 Å². The summed E-state index contributed by atoms with van der Waals surface area (Å²) in [6.07, 6.45) is 0. The quantitative estimate of drug-likeness (QED) is 0.149. The van der Waals surface area contributed by atoms with Gasteiger partial charge in [0.2, 0.25) is 0 Å². The van der Waals surface area contributed by atoms with E-state index < -0.39 is 0 Å². The molecule has 5 heterocycles. The number of rotatable bonds is 7. The lowest BCUT2D eigenvalue weighted by Crippen LogP contribution is -2.59. The number of hydrogen-bond donors (Lipinski definition) is 0. The van der Waals surface area contributed by atoms with Gasteiger partial charge in [0.15, 0.2) is 5.82 Å². The lowest BCUT2D eigenvalue weighted by Gasteiger charge is -2.34. The Labute approximate surface area is 637 Å². The number of benzene rings is 11. The minimum absolute atomic E-state index is 0.100. The van der Waals surface area contributed by atoms with Gasteiger partial charge in [0.1, 0.15) is 0 Å². The Morgan fingerprint density at radius 3 is 0.850 bits per heavy atom. The summed E-state index contributed by atoms with van der Waals surface area (Å²) in [6.45, 7) is 56.2. The van der Waals surface area contributed by atoms with Crippen molar-refractivity contribution in [2.75, 3.05) is 0 Å². The first kappa shape index (κ1) is 71.4. The predicted octanol–water partition coefficient (Wildman–Crippen LogP) is 25.9. The molecule has 0 aliphatic carbocycles. The molecular weight excluding hydrogens is 1290 g/mol. The molecule has 0 radical (unpaired) electrons. The van der Waals surface area contributed by atoms with Gasteiger partial charge in [0.25, 0.3) is 6.71 Å². The molecule has 2 aliphatic heterocycles. The minimum Gasteiger partial charge on any atom is -0.310 e. The van der Waals surface area contributed by atoms with Crippen molar-refractivity contribution in [2.24, 2.45) is 0 Å². The van der Waals surface area contributed by atoms with Crippen LogP contribution in [0.3, 0.4) is 0 Å². The number of hydrogen-bond acceptors (Lipinski definition) is 2. The Kier molecular flexibility index (Phi) is 16.2. The zero-order chi connectivity index (χ0) is 76.1. The summed E-state index contributed by atoms with van der Waals surface area (Å²) in [6, 6.07) is 83.3. The second kappa shape index (κ2) is 24.3. The van der Waals surface area contributed by atoms with E-state index in [1.807, 2.05) is 0 Å². The zero-order valence-corrected chi connectivity index (χ0v) is 68.1. The third-order valence-corrected chi connectivity index (χ3v) is 23.5. The lowest BCUT2D eigenvalue weighted by molar-refractivity contribution is 0.568. The topological polar surface area (TPSA) is 35.6 Å². The van der Waals surface area contributed by atoms with E-state index in [4.69, 9.17) is 9.97 Å². The van der Waals surface area contributed by atoms with Gasteiger partial charge in [-0.1, -0.05) is 312 Å². The molecule has 538 valence electrons. The molecule has 14 aromatic rings. The lowest BCUT2D eigenvalue weighted by atomic mass is 9.34. The molecule has 0 fully saturated rings. The second-order valence-electron chi connectivity index (χ2n) is 39.7. The van der Waals surface area contributed by atoms with Gasteiger partial charge in [0.05, 0.1) is 22.4 Å². The molecule has 5 heteroatoms. The third kappa shape index (κ3) is 12.4. The Balaban J connectivity index is 1.10. The fourth-order valence-electron chi connectivity index (χ4n) is 16.8. The van der Waals surface area contributed by atoms with Crippen LogP contribution < -0.4 is 16.4 Å². The van der Waals surface area contributed by atoms with Crippen LogP contribution >= 0.6 is 0 Å². The molecular formula is C102H107BN4. The number of nitrogens with zero attached hydrogens (tertiary/aromatic N) is 4. The maximum Gasteiger partial charge on any atom is 0.252 e. The van der Waals surface area contributed by atoms with Gasteiger partial charge in [-0.05, 0) is 215 Å². The summed E-state index contributed by atoms with van der Waals surface area (Å²) in [5.74, 6) is 0.685. The standard InChI is InChI=1S/C102H107BN4/c1-95(2,3)69-43-64(44-70(55-69)96(4,5)6)77-37-39-81-92-89(77)79-51-62(60-31-27-25-28-32-60)35-41-85(79)106(92)87-53-68(94-104-83(66-47-73(99(13,14)15)57-74(48-66)100(16,17)18)59-84(105-94)67-49-75(101(19,20)21)58-76(50-67)102(22,23)24)54-88-91(87)103(81)82-40-38-78(65-45-71(97(7,8)9)56-72(46-65)98(10,11)12)90-80-52-63(61-33-29-26-30-34-61)36-42-86(80)107(88)93(82)90/h25-59H,1-24H3. The summed E-state index contributed by atoms with van der Waals surface area (Å²) in [7, 11) is 0. The van der Waals surface area contributed by atoms with Gasteiger partial charge in [-0.25, -0.2) is 9.97 Å². The van der Waals surface area contributed by atoms with E-state index >= 15 is 0 Å². The zero-order valence-electron chi connectivity index (χ0n) is 68.1. The van der Waals surface area contributed by atoms with Gasteiger partial charge < -0.3 is 9.13 Å². The molecule has 0 saturated heterocycles. The highest BCUT2D eigenvalue weighted by molar-refractivity contribution is 7.00. The molecule has 16 rings (SSSR count). The van der Waals surface area contributed by atoms with Crippen LogP contribution in [0, 0.1) is 0 Å². The van der Waals surface area contributed by atoms with Crippen molar-refractivity contribution < 1.29 is 0 Å². The Bertz CT molecular complexity index is 5500. The van der Waals surface area contributed by atoms with Gasteiger partial charge in [-0.2, -0.15) is 0 Å². The molecule has 0 spiro atoms. The first-order valence-corrected chi connectivity index (χ1v) is 39.1. The van der Waals surface area contributed by atoms with Crippen molar-refractivity contribution >= 4 is 66.7 Å². The highest BCUT2D eigenvalue weighted by atomic mass is 15.0. The molecule has 0 bridgehead atoms. The third-order valence-electron chi connectivity index (χ3n) is 23.5. The number of aromatic nitrogens is 4. The molecule has 0 N–H and O–H groups in total. The van der Waals surface area contributed by atoms with Crippen molar-refractivity contribution in [3.63, 3.8) is 0 Å². The van der Waals surface area contributed by atoms with Crippen LogP contribution in [0.15, 0.2) is 212 Å². The van der Waals surface area contributed by atoms with Gasteiger partial charge in [-0.3, -0.25) is 0 Å². The van der Waals surface area contributed by atoms with Gasteiger partial charge in [-0.15, -0.1) is 0 Å². The molecule has 2 aliphatic rings. The van der Waals surface area contributed by atoms with Crippen molar-refractivity contribution in [1.82, 2.24) is 19.1 Å². The van der Waals surface area contributed by atoms with Crippen LogP contribution in [0.1, 0.15) is 211 Å². The number of fused-ring (bicyclic) bond motifs is 10. The van der Waals surface area contributed by atoms with Crippen LogP contribution in [-0.4, -0.2) is 25.8 Å². The maximum absolute atomic E-state index is 6.02. The van der Waals surface area contributed by atoms with E-state index in [0.29, 0.717) is 5.82 Å². The summed E-state index contributed by atoms with van der Waals surface area (Å²) in [5, 5.41) is 4.98. The van der Waals surface area contributed by atoms with E-state index in [1.54, 1.807) is 0 Å². The molecule has 3 aromatic heterocycles. The van der Waals surface area contributed by atoms with Gasteiger partial charge >= 0.3 is 0 Å². The van der Waals surface area contributed by atoms with Crippen molar-refractivity contribution in [1.29, 1.82) is 0 Å². The first-order chi connectivity index (χ1) is 50.1. The van der Waals surface area contributed by atoms with Crippen LogP contribution in [0.2, 0.25) is 0 Å². The van der Waals surface area contributed by atoms with Crippen molar-refractivity contribution in [3.8, 4) is 89.8 Å². The van der Waals surface area contributed by atoms with Crippen molar-refractivity contribution in [2.45, 2.75) is 209 Å². The van der Waals surface area contributed by atoms with E-state index in [-0.39, 0.29) is 50.0 Å². The molecule has 0 amide bonds. The monoisotopic (exact) mass is 1400 g/mol. The summed E-state index contributed by atoms with van der Waals surface area (Å²) >= 11 is 0. The minimum atomic E-state index is -0.176. The largest absolute Gasteiger partial charge is 0.310 e. The van der Waals surface area contributed by atoms with Crippen LogP contribution in [-0.2, 0) is 43.3 Å². The maximum atomic E-state index is 6.02. The molecule has 4 nitrogen and oxygen atoms in total. The Hall–Kier alpha value is -9.84. The van der Waals surface area contributed by atoms with Crippen LogP contribution in [0.4, 0.5) is 0 Å². The average molecular weight is 1400 g/mol. The summed E-state index contributed by atoms with van der Waals surface area (Å²) in [4.78, 5) is 12.0. The smallest absolute Gasteiger partial charge is 0.252 e. The Morgan fingerprint density at radius 1 is 0.252 bits per heavy atom. The molecule has 11 aromatic carbocycles. The van der Waals surface area contributed by atoms with E-state index in [2.05, 4.69) is 388 Å². The highest BCUT2D eigenvalue weighted by Gasteiger charge is 2.43. The van der Waals surface area contributed by atoms with E-state index in [1.165, 1.54) is 138 Å². The predicted molar refractivity (Wildman–Crippen MR) is 463 cm³/mol. The average Bonchev–Trinajstić information content (AvgIpc) is 1.54. The summed E-state index contributed by atoms with van der Waals surface area (Å²) < 4.78 is 5.35. The molecule has 107 heavy (non-hydrogen) atoms. The fraction of sp³-hybridized carbons (Fsp3) is 0.314. The van der Waals surface area contributed by atoms with Crippen molar-refractivity contribution in [3.05, 3.63) is 257 Å². The highest BCUT2D eigenvalue weighted by Crippen LogP contribution is 2.49. The molecule has 0 unspecified atom stereocenters. The van der Waals surface area contributed by atoms with Gasteiger partial charge in [0, 0.05) is 60.6 Å². The molecule has 0 saturated carbocycles. The SMILES string of the molecule is CC(C)(C)c1cc(-c2cc(-c3cc(C(C)(C)C)cc(C(C)(C)C)c3)nc(-c3cc4c5c(c3)-n3c6ccc(-c7ccccc7)cc6c6c(-c7cc(C(C)(C)C)cc(C(C)(C)C)c7)ccc(c63)B5c3ccc(-c5cc(C(C)(C)C)cc(C(C)(C)C)c5)c5c6cc(-c7ccccc7)ccc6n-4c35)n2)cc(C(C)(C)C)c1. The van der Waals surface area contributed by atoms with E-state index in [0.717, 1.165) is 50.5 Å². The Morgan fingerprint density at radius 2 is 0.551 bits per heavy atom. The second-order valence-corrected chi connectivity index (χ2v) is 39.7. The normalized spacial score (nSPS) is 13.6. The van der Waals surface area contributed by atoms with Crippen LogP contribution in [0.5, 0.6) is 0 Å². The summed E-state index contributed by atoms with van der Waals surface area (Å²) in [5.41, 5.74) is 35.1. The van der Waals surface area contributed by atoms with Crippen LogP contribution in [0.25, 0.3) is 133 Å². The fourth-order valence-corrected chi connectivity index (χ4v) is 16.8. The molecule has 0 atom stereocenters. The first-order valence-electron chi connectivity index (χ1n) is 39.1.